The van der Waals surface area contributed by atoms with E-state index in [0.29, 0.717) is 0 Å². The van der Waals surface area contributed by atoms with Crippen molar-refractivity contribution in [3.8, 4) is 0 Å². The van der Waals surface area contributed by atoms with Crippen molar-refractivity contribution in [2.45, 2.75) is 19.4 Å². The van der Waals surface area contributed by atoms with E-state index >= 15 is 0 Å². The van der Waals surface area contributed by atoms with E-state index in [4.69, 9.17) is 0 Å². The molecule has 24 heavy (non-hydrogen) atoms. The van der Waals surface area contributed by atoms with Crippen LogP contribution in [0, 0.1) is 11.8 Å². The van der Waals surface area contributed by atoms with E-state index in [2.05, 4.69) is 57.2 Å². The monoisotopic (exact) mass is 321 g/mol. The van der Waals surface area contributed by atoms with Gasteiger partial charge < -0.3 is 4.90 Å². The summed E-state index contributed by atoms with van der Waals surface area (Å²) in [5, 5.41) is 0. The first-order valence-electron chi connectivity index (χ1n) is 9.24. The molecule has 2 aromatic rings. The smallest absolute Gasteiger partial charge is 0.0271 e. The predicted molar refractivity (Wildman–Crippen MR) is 97.7 cm³/mol. The van der Waals surface area contributed by atoms with Crippen LogP contribution in [0.15, 0.2) is 54.9 Å². The molecule has 126 valence electrons. The summed E-state index contributed by atoms with van der Waals surface area (Å²) in [7, 11) is 0. The lowest BCUT2D eigenvalue weighted by Crippen LogP contribution is -2.39. The van der Waals surface area contributed by atoms with Crippen LogP contribution in [0.2, 0.25) is 0 Å². The van der Waals surface area contributed by atoms with Crippen molar-refractivity contribution in [3.63, 3.8) is 0 Å². The molecule has 2 saturated heterocycles. The quantitative estimate of drug-likeness (QED) is 0.844. The molecule has 2 atom stereocenters. The summed E-state index contributed by atoms with van der Waals surface area (Å²) in [6.07, 6.45) is 6.35. The fourth-order valence-corrected chi connectivity index (χ4v) is 4.35. The van der Waals surface area contributed by atoms with Gasteiger partial charge in [0.15, 0.2) is 0 Å². The van der Waals surface area contributed by atoms with Crippen LogP contribution in [0.1, 0.15) is 17.5 Å². The van der Waals surface area contributed by atoms with Gasteiger partial charge in [-0.1, -0.05) is 30.3 Å². The molecular formula is C21H27N3. The number of hydrogen-bond acceptors (Lipinski definition) is 3. The molecule has 2 fully saturated rings. The normalized spacial score (nSPS) is 24.8. The number of aromatic nitrogens is 1. The van der Waals surface area contributed by atoms with Crippen molar-refractivity contribution in [2.75, 3.05) is 32.7 Å². The average Bonchev–Trinajstić information content (AvgIpc) is 3.04. The van der Waals surface area contributed by atoms with Gasteiger partial charge in [0.25, 0.3) is 0 Å². The van der Waals surface area contributed by atoms with Crippen molar-refractivity contribution in [2.24, 2.45) is 11.8 Å². The van der Waals surface area contributed by atoms with E-state index in [-0.39, 0.29) is 0 Å². The summed E-state index contributed by atoms with van der Waals surface area (Å²) < 4.78 is 0. The highest BCUT2D eigenvalue weighted by Gasteiger charge is 2.36. The maximum Gasteiger partial charge on any atom is 0.0271 e. The molecule has 0 radical (unpaired) electrons. The Bertz CT molecular complexity index is 628. The van der Waals surface area contributed by atoms with E-state index in [1.807, 2.05) is 12.4 Å². The van der Waals surface area contributed by atoms with Crippen molar-refractivity contribution >= 4 is 0 Å². The molecule has 0 N–H and O–H groups in total. The molecule has 3 heterocycles. The van der Waals surface area contributed by atoms with Gasteiger partial charge >= 0.3 is 0 Å². The van der Waals surface area contributed by atoms with Gasteiger partial charge in [0.2, 0.25) is 0 Å². The average molecular weight is 321 g/mol. The Kier molecular flexibility index (Phi) is 4.91. The van der Waals surface area contributed by atoms with Crippen molar-refractivity contribution < 1.29 is 0 Å². The van der Waals surface area contributed by atoms with Crippen LogP contribution in [0.3, 0.4) is 0 Å². The second kappa shape index (κ2) is 7.45. The molecular weight excluding hydrogens is 294 g/mol. The third kappa shape index (κ3) is 3.85. The fourth-order valence-electron chi connectivity index (χ4n) is 4.35. The molecule has 1 aromatic heterocycles. The van der Waals surface area contributed by atoms with Crippen LogP contribution in [0.5, 0.6) is 0 Å². The van der Waals surface area contributed by atoms with Crippen LogP contribution in [0.4, 0.5) is 0 Å². The molecule has 3 nitrogen and oxygen atoms in total. The number of fused-ring (bicyclic) bond motifs is 1. The Labute approximate surface area is 145 Å². The number of pyridine rings is 1. The van der Waals surface area contributed by atoms with Gasteiger partial charge in [-0.15, -0.1) is 0 Å². The van der Waals surface area contributed by atoms with Crippen LogP contribution in [-0.4, -0.2) is 47.5 Å². The SMILES string of the molecule is c1ccc(CCN2C[C@H]3CN(Cc4ccncc4)CC[C@H]3C2)cc1. The lowest BCUT2D eigenvalue weighted by molar-refractivity contribution is 0.142. The Balaban J connectivity index is 1.28. The van der Waals surface area contributed by atoms with E-state index in [1.54, 1.807) is 0 Å². The predicted octanol–water partition coefficient (Wildman–Crippen LogP) is 3.08. The van der Waals surface area contributed by atoms with Gasteiger partial charge in [-0.3, -0.25) is 9.88 Å². The zero-order valence-corrected chi connectivity index (χ0v) is 14.3. The third-order valence-corrected chi connectivity index (χ3v) is 5.68. The molecule has 0 aliphatic carbocycles. The number of rotatable bonds is 5. The van der Waals surface area contributed by atoms with E-state index in [1.165, 1.54) is 56.7 Å². The molecule has 0 unspecified atom stereocenters. The lowest BCUT2D eigenvalue weighted by Gasteiger charge is -2.34. The summed E-state index contributed by atoms with van der Waals surface area (Å²) in [5.74, 6) is 1.77. The minimum Gasteiger partial charge on any atom is -0.302 e. The Morgan fingerprint density at radius 2 is 1.58 bits per heavy atom. The van der Waals surface area contributed by atoms with Gasteiger partial charge in [-0.2, -0.15) is 0 Å². The fraction of sp³-hybridized carbons (Fsp3) is 0.476. The zero-order chi connectivity index (χ0) is 16.2. The largest absolute Gasteiger partial charge is 0.302 e. The minimum absolute atomic E-state index is 0.858. The summed E-state index contributed by atoms with van der Waals surface area (Å²) in [4.78, 5) is 9.45. The first-order valence-corrected chi connectivity index (χ1v) is 9.24. The van der Waals surface area contributed by atoms with Crippen LogP contribution >= 0.6 is 0 Å². The van der Waals surface area contributed by atoms with Gasteiger partial charge in [-0.25, -0.2) is 0 Å². The van der Waals surface area contributed by atoms with Crippen molar-refractivity contribution in [3.05, 3.63) is 66.0 Å². The minimum atomic E-state index is 0.858. The number of piperidine rings is 1. The Morgan fingerprint density at radius 3 is 2.42 bits per heavy atom. The molecule has 3 heteroatoms. The first-order chi connectivity index (χ1) is 11.9. The molecule has 0 spiro atoms. The van der Waals surface area contributed by atoms with E-state index < -0.39 is 0 Å². The number of likely N-dealkylation sites (tertiary alicyclic amines) is 2. The van der Waals surface area contributed by atoms with Crippen molar-refractivity contribution in [1.29, 1.82) is 0 Å². The van der Waals surface area contributed by atoms with Gasteiger partial charge in [0.1, 0.15) is 0 Å². The molecule has 0 saturated carbocycles. The number of nitrogens with zero attached hydrogens (tertiary/aromatic N) is 3. The van der Waals surface area contributed by atoms with Gasteiger partial charge in [0, 0.05) is 45.1 Å². The summed E-state index contributed by atoms with van der Waals surface area (Å²) in [6, 6.07) is 15.2. The summed E-state index contributed by atoms with van der Waals surface area (Å²) >= 11 is 0. The number of benzene rings is 1. The maximum atomic E-state index is 4.12. The highest BCUT2D eigenvalue weighted by atomic mass is 15.2. The van der Waals surface area contributed by atoms with Crippen LogP contribution in [0.25, 0.3) is 0 Å². The maximum absolute atomic E-state index is 4.12. The topological polar surface area (TPSA) is 19.4 Å². The van der Waals surface area contributed by atoms with Crippen LogP contribution in [-0.2, 0) is 13.0 Å². The molecule has 2 aliphatic heterocycles. The van der Waals surface area contributed by atoms with Crippen molar-refractivity contribution in [1.82, 2.24) is 14.8 Å². The highest BCUT2D eigenvalue weighted by molar-refractivity contribution is 5.15. The van der Waals surface area contributed by atoms with E-state index in [9.17, 15) is 0 Å². The summed E-state index contributed by atoms with van der Waals surface area (Å²) in [6.45, 7) is 7.38. The first kappa shape index (κ1) is 15.8. The lowest BCUT2D eigenvalue weighted by atomic mass is 9.88. The zero-order valence-electron chi connectivity index (χ0n) is 14.3. The molecule has 2 aliphatic rings. The third-order valence-electron chi connectivity index (χ3n) is 5.68. The molecule has 0 bridgehead atoms. The second-order valence-corrected chi connectivity index (χ2v) is 7.39. The standard InChI is InChI=1S/C21H27N3/c1-2-4-18(5-3-1)8-12-24-15-20-9-13-23(16-21(20)17-24)14-19-6-10-22-11-7-19/h1-7,10-11,20-21H,8-9,12-17H2/t20-,21+/m0/s1. The van der Waals surface area contributed by atoms with Gasteiger partial charge in [0.05, 0.1) is 0 Å². The van der Waals surface area contributed by atoms with Crippen LogP contribution < -0.4 is 0 Å². The van der Waals surface area contributed by atoms with E-state index in [0.717, 1.165) is 18.4 Å². The molecule has 4 rings (SSSR count). The Hall–Kier alpha value is -1.71. The highest BCUT2D eigenvalue weighted by Crippen LogP contribution is 2.31. The summed E-state index contributed by atoms with van der Waals surface area (Å²) in [5.41, 5.74) is 2.86. The number of hydrogen-bond donors (Lipinski definition) is 0. The Morgan fingerprint density at radius 1 is 0.833 bits per heavy atom. The molecule has 0 amide bonds. The second-order valence-electron chi connectivity index (χ2n) is 7.39. The molecule has 1 aromatic carbocycles. The van der Waals surface area contributed by atoms with Gasteiger partial charge in [-0.05, 0) is 54.5 Å².